The van der Waals surface area contributed by atoms with Crippen molar-refractivity contribution in [3.05, 3.63) is 0 Å². The lowest BCUT2D eigenvalue weighted by Gasteiger charge is -2.41. The number of ether oxygens (including phenoxy) is 1. The van der Waals surface area contributed by atoms with E-state index in [-0.39, 0.29) is 0 Å². The minimum atomic E-state index is -7.14. The molecule has 0 bridgehead atoms. The lowest BCUT2D eigenvalue weighted by Crippen LogP contribution is -2.63. The van der Waals surface area contributed by atoms with Crippen LogP contribution >= 0.6 is 0 Å². The third-order valence-corrected chi connectivity index (χ3v) is 3.60. The average molecular weight is 510 g/mol. The van der Waals surface area contributed by atoms with Crippen LogP contribution in [0.25, 0.3) is 0 Å². The summed E-state index contributed by atoms with van der Waals surface area (Å²) in [7, 11) is 0. The standard InChI is InChI=1S/C12H8F18O/c13-5(14)9(23,11(25,26)27)3(1-7(17,18)19)31-4(2-8(20,21)22)10(24,6(15)16)12(28,29)30/h3-6H,1-2H2. The minimum Gasteiger partial charge on any atom is -0.366 e. The van der Waals surface area contributed by atoms with Crippen molar-refractivity contribution in [2.75, 3.05) is 0 Å². The van der Waals surface area contributed by atoms with Crippen molar-refractivity contribution in [3.63, 3.8) is 0 Å². The second kappa shape index (κ2) is 8.92. The van der Waals surface area contributed by atoms with Crippen LogP contribution in [-0.2, 0) is 4.74 Å². The molecule has 0 rings (SSSR count). The highest BCUT2D eigenvalue weighted by atomic mass is 19.4. The molecule has 0 aliphatic rings. The van der Waals surface area contributed by atoms with Crippen molar-refractivity contribution in [3.8, 4) is 0 Å². The van der Waals surface area contributed by atoms with Crippen LogP contribution in [0.2, 0.25) is 0 Å². The Morgan fingerprint density at radius 2 is 0.677 bits per heavy atom. The second-order valence-corrected chi connectivity index (χ2v) is 5.88. The van der Waals surface area contributed by atoms with Gasteiger partial charge < -0.3 is 4.74 Å². The molecule has 0 heterocycles. The zero-order chi connectivity index (χ0) is 25.4. The molecular weight excluding hydrogens is 502 g/mol. The lowest BCUT2D eigenvalue weighted by molar-refractivity contribution is -0.352. The number of halogens is 18. The van der Waals surface area contributed by atoms with Crippen LogP contribution in [0.15, 0.2) is 0 Å². The van der Waals surface area contributed by atoms with Gasteiger partial charge in [0.25, 0.3) is 24.2 Å². The second-order valence-electron chi connectivity index (χ2n) is 5.88. The van der Waals surface area contributed by atoms with Gasteiger partial charge in [0, 0.05) is 0 Å². The molecule has 0 amide bonds. The Morgan fingerprint density at radius 1 is 0.452 bits per heavy atom. The van der Waals surface area contributed by atoms with E-state index in [4.69, 9.17) is 0 Å². The van der Waals surface area contributed by atoms with Crippen LogP contribution in [-0.4, -0.2) is 61.1 Å². The van der Waals surface area contributed by atoms with Gasteiger partial charge in [-0.3, -0.25) is 0 Å². The van der Waals surface area contributed by atoms with E-state index in [2.05, 4.69) is 4.74 Å². The molecule has 0 radical (unpaired) electrons. The number of alkyl halides is 18. The monoisotopic (exact) mass is 510 g/mol. The lowest BCUT2D eigenvalue weighted by atomic mass is 9.91. The molecule has 0 N–H and O–H groups in total. The molecule has 0 saturated heterocycles. The van der Waals surface area contributed by atoms with Crippen LogP contribution in [0, 0.1) is 0 Å². The van der Waals surface area contributed by atoms with Gasteiger partial charge in [0.05, 0.1) is 12.8 Å². The Morgan fingerprint density at radius 3 is 0.806 bits per heavy atom. The largest absolute Gasteiger partial charge is 0.430 e. The topological polar surface area (TPSA) is 9.23 Å². The van der Waals surface area contributed by atoms with Crippen LogP contribution in [0.1, 0.15) is 12.8 Å². The molecular formula is C12H8F18O. The van der Waals surface area contributed by atoms with E-state index >= 15 is 0 Å². The molecule has 0 aromatic carbocycles. The maximum Gasteiger partial charge on any atom is 0.430 e. The van der Waals surface area contributed by atoms with E-state index in [0.717, 1.165) is 0 Å². The van der Waals surface area contributed by atoms with E-state index in [9.17, 15) is 79.0 Å². The predicted molar refractivity (Wildman–Crippen MR) is 61.8 cm³/mol. The van der Waals surface area contributed by atoms with Crippen molar-refractivity contribution < 1.29 is 83.8 Å². The first-order chi connectivity index (χ1) is 13.3. The summed E-state index contributed by atoms with van der Waals surface area (Å²) in [5, 5.41) is 0. The molecule has 0 saturated carbocycles. The normalized spacial score (nSPS) is 20.5. The molecule has 0 aliphatic carbocycles. The fourth-order valence-electron chi connectivity index (χ4n) is 2.10. The van der Waals surface area contributed by atoms with Gasteiger partial charge in [0.1, 0.15) is 12.2 Å². The highest BCUT2D eigenvalue weighted by Crippen LogP contribution is 2.50. The molecule has 0 fully saturated rings. The van der Waals surface area contributed by atoms with E-state index in [1.807, 2.05) is 0 Å². The zero-order valence-corrected chi connectivity index (χ0v) is 13.9. The quantitative estimate of drug-likeness (QED) is 0.330. The first kappa shape index (κ1) is 29.7. The Balaban J connectivity index is 6.79. The molecule has 0 aromatic rings. The van der Waals surface area contributed by atoms with E-state index in [1.54, 1.807) is 0 Å². The molecule has 0 aliphatic heterocycles. The Bertz CT molecular complexity index is 522. The molecule has 31 heavy (non-hydrogen) atoms. The average Bonchev–Trinajstić information content (AvgIpc) is 2.46. The summed E-state index contributed by atoms with van der Waals surface area (Å²) in [6.07, 6.45) is -55.3. The summed E-state index contributed by atoms with van der Waals surface area (Å²) in [6.45, 7) is 0. The zero-order valence-electron chi connectivity index (χ0n) is 13.9. The number of hydrogen-bond acceptors (Lipinski definition) is 1. The maximum absolute atomic E-state index is 13.9. The summed E-state index contributed by atoms with van der Waals surface area (Å²) >= 11 is 0. The van der Waals surface area contributed by atoms with Crippen molar-refractivity contribution in [1.29, 1.82) is 0 Å². The first-order valence-corrected chi connectivity index (χ1v) is 7.17. The Labute approximate surface area is 159 Å². The van der Waals surface area contributed by atoms with Crippen LogP contribution in [0.4, 0.5) is 79.0 Å². The molecule has 4 atom stereocenters. The van der Waals surface area contributed by atoms with Gasteiger partial charge in [-0.1, -0.05) is 0 Å². The van der Waals surface area contributed by atoms with Gasteiger partial charge in [-0.15, -0.1) is 0 Å². The van der Waals surface area contributed by atoms with Crippen molar-refractivity contribution in [2.24, 2.45) is 0 Å². The smallest absolute Gasteiger partial charge is 0.366 e. The highest BCUT2D eigenvalue weighted by molar-refractivity contribution is 5.03. The maximum atomic E-state index is 13.9. The molecule has 1 nitrogen and oxygen atoms in total. The number of hydrogen-bond donors (Lipinski definition) is 0. The highest BCUT2D eigenvalue weighted by Gasteiger charge is 2.73. The Kier molecular flexibility index (Phi) is 8.54. The van der Waals surface area contributed by atoms with E-state index in [1.165, 1.54) is 0 Å². The van der Waals surface area contributed by atoms with Crippen LogP contribution in [0.3, 0.4) is 0 Å². The SMILES string of the molecule is FC(F)C(F)(C(CC(F)(F)F)OC(CC(F)(F)F)C(F)(C(F)F)C(F)(F)F)C(F)(F)F. The van der Waals surface area contributed by atoms with Gasteiger partial charge in [0.15, 0.2) is 0 Å². The van der Waals surface area contributed by atoms with Gasteiger partial charge >= 0.3 is 24.7 Å². The first-order valence-electron chi connectivity index (χ1n) is 7.17. The summed E-state index contributed by atoms with van der Waals surface area (Å²) < 4.78 is 232. The number of rotatable bonds is 8. The third-order valence-electron chi connectivity index (χ3n) is 3.60. The molecule has 19 heteroatoms. The molecule has 188 valence electrons. The van der Waals surface area contributed by atoms with Crippen molar-refractivity contribution in [1.82, 2.24) is 0 Å². The molecule has 0 spiro atoms. The minimum absolute atomic E-state index is 2.92. The van der Waals surface area contributed by atoms with E-state index < -0.39 is 73.9 Å². The van der Waals surface area contributed by atoms with Crippen molar-refractivity contribution >= 4 is 0 Å². The summed E-state index contributed by atoms with van der Waals surface area (Å²) in [5.41, 5.74) is -13.2. The molecule has 4 unspecified atom stereocenters. The third kappa shape index (κ3) is 6.84. The van der Waals surface area contributed by atoms with Gasteiger partial charge in [-0.05, 0) is 0 Å². The van der Waals surface area contributed by atoms with Gasteiger partial charge in [0.2, 0.25) is 0 Å². The fraction of sp³-hybridized carbons (Fsp3) is 1.00. The van der Waals surface area contributed by atoms with E-state index in [0.29, 0.717) is 0 Å². The fourth-order valence-corrected chi connectivity index (χ4v) is 2.10. The van der Waals surface area contributed by atoms with Crippen LogP contribution < -0.4 is 0 Å². The van der Waals surface area contributed by atoms with Gasteiger partial charge in [-0.2, -0.15) is 52.7 Å². The molecule has 0 aromatic heterocycles. The summed E-state index contributed by atoms with van der Waals surface area (Å²) in [5.74, 6) is 0. The Hall–Kier alpha value is -1.30. The van der Waals surface area contributed by atoms with Crippen molar-refractivity contribution in [2.45, 2.75) is 73.9 Å². The summed E-state index contributed by atoms with van der Waals surface area (Å²) in [6, 6.07) is 0. The van der Waals surface area contributed by atoms with Gasteiger partial charge in [-0.25, -0.2) is 26.3 Å². The van der Waals surface area contributed by atoms with Crippen LogP contribution in [0.5, 0.6) is 0 Å². The summed E-state index contributed by atoms with van der Waals surface area (Å²) in [4.78, 5) is 0. The predicted octanol–water partition coefficient (Wildman–Crippen LogP) is 6.72.